The molecule has 0 aromatic heterocycles. The van der Waals surface area contributed by atoms with E-state index in [-0.39, 0.29) is 29.0 Å². The number of benzene rings is 1. The lowest BCUT2D eigenvalue weighted by Gasteiger charge is -2.11. The summed E-state index contributed by atoms with van der Waals surface area (Å²) in [7, 11) is 0. The second kappa shape index (κ2) is 7.25. The number of carbonyl (C=O) groups is 1. The normalized spacial score (nSPS) is 12.3. The molecule has 0 aliphatic carbocycles. The van der Waals surface area contributed by atoms with Crippen LogP contribution in [0.3, 0.4) is 0 Å². The molecule has 0 saturated carbocycles. The Balaban J connectivity index is 2.65. The molecular formula is C12H15ClF2N2O2. The van der Waals surface area contributed by atoms with E-state index in [1.807, 2.05) is 6.92 Å². The first-order valence-corrected chi connectivity index (χ1v) is 6.04. The van der Waals surface area contributed by atoms with Gasteiger partial charge in [0.2, 0.25) is 5.91 Å². The van der Waals surface area contributed by atoms with Gasteiger partial charge in [0, 0.05) is 12.1 Å². The number of carbonyl (C=O) groups excluding carboxylic acids is 1. The Kier molecular flexibility index (Phi) is 5.98. The molecule has 0 radical (unpaired) electrons. The molecule has 0 aliphatic heterocycles. The third-order valence-electron chi connectivity index (χ3n) is 2.37. The minimum absolute atomic E-state index is 0.00460. The lowest BCUT2D eigenvalue weighted by Crippen LogP contribution is -2.20. The van der Waals surface area contributed by atoms with Crippen molar-refractivity contribution < 1.29 is 18.3 Å². The van der Waals surface area contributed by atoms with Crippen molar-refractivity contribution >= 4 is 23.2 Å². The Labute approximate surface area is 114 Å². The minimum atomic E-state index is -2.94. The fourth-order valence-electron chi connectivity index (χ4n) is 1.38. The van der Waals surface area contributed by atoms with Gasteiger partial charge in [0.1, 0.15) is 5.75 Å². The summed E-state index contributed by atoms with van der Waals surface area (Å²) in [5.41, 5.74) is 5.83. The number of amides is 1. The topological polar surface area (TPSA) is 64.4 Å². The molecule has 3 N–H and O–H groups in total. The van der Waals surface area contributed by atoms with Gasteiger partial charge in [0.05, 0.1) is 5.02 Å². The van der Waals surface area contributed by atoms with Crippen LogP contribution in [-0.4, -0.2) is 19.1 Å². The number of nitrogens with two attached hydrogens (primary N) is 1. The Hall–Kier alpha value is -1.40. The van der Waals surface area contributed by atoms with Gasteiger partial charge in [-0.1, -0.05) is 18.5 Å². The monoisotopic (exact) mass is 292 g/mol. The van der Waals surface area contributed by atoms with E-state index in [0.717, 1.165) is 0 Å². The number of rotatable bonds is 6. The molecular weight excluding hydrogens is 278 g/mol. The molecule has 1 unspecified atom stereocenters. The Morgan fingerprint density at radius 1 is 1.53 bits per heavy atom. The maximum absolute atomic E-state index is 12.0. The highest BCUT2D eigenvalue weighted by atomic mass is 35.5. The van der Waals surface area contributed by atoms with Crippen LogP contribution in [0.1, 0.15) is 13.3 Å². The predicted molar refractivity (Wildman–Crippen MR) is 69.5 cm³/mol. The molecule has 106 valence electrons. The fourth-order valence-corrected chi connectivity index (χ4v) is 1.61. The van der Waals surface area contributed by atoms with Gasteiger partial charge in [0.15, 0.2) is 0 Å². The first-order chi connectivity index (χ1) is 8.92. The highest BCUT2D eigenvalue weighted by Crippen LogP contribution is 2.29. The summed E-state index contributed by atoms with van der Waals surface area (Å²) in [6.07, 6.45) is 0.281. The third-order valence-corrected chi connectivity index (χ3v) is 2.66. The molecule has 4 nitrogen and oxygen atoms in total. The Bertz CT molecular complexity index is 444. The first-order valence-electron chi connectivity index (χ1n) is 5.66. The summed E-state index contributed by atoms with van der Waals surface area (Å²) < 4.78 is 28.3. The molecule has 19 heavy (non-hydrogen) atoms. The van der Waals surface area contributed by atoms with Crippen LogP contribution in [0.5, 0.6) is 5.75 Å². The number of hydrogen-bond acceptors (Lipinski definition) is 3. The molecule has 0 fully saturated rings. The lowest BCUT2D eigenvalue weighted by molar-refractivity contribution is -0.116. The van der Waals surface area contributed by atoms with Gasteiger partial charge >= 0.3 is 6.61 Å². The second-order valence-corrected chi connectivity index (χ2v) is 4.52. The van der Waals surface area contributed by atoms with E-state index in [4.69, 9.17) is 17.3 Å². The number of nitrogens with one attached hydrogen (secondary N) is 1. The van der Waals surface area contributed by atoms with Crippen LogP contribution in [0.15, 0.2) is 18.2 Å². The van der Waals surface area contributed by atoms with Crippen molar-refractivity contribution in [3.63, 3.8) is 0 Å². The van der Waals surface area contributed by atoms with Crippen molar-refractivity contribution in [1.82, 2.24) is 0 Å². The number of hydrogen-bond donors (Lipinski definition) is 2. The number of halogens is 3. The SMILES string of the molecule is CC(CN)CC(=O)Nc1ccc(OC(F)F)c(Cl)c1. The average molecular weight is 293 g/mol. The Morgan fingerprint density at radius 3 is 2.74 bits per heavy atom. The van der Waals surface area contributed by atoms with Crippen LogP contribution in [-0.2, 0) is 4.79 Å². The largest absolute Gasteiger partial charge is 0.433 e. The predicted octanol–water partition coefficient (Wildman–Crippen LogP) is 2.86. The van der Waals surface area contributed by atoms with Crippen LogP contribution in [0.4, 0.5) is 14.5 Å². The molecule has 1 rings (SSSR count). The van der Waals surface area contributed by atoms with E-state index in [2.05, 4.69) is 10.1 Å². The Morgan fingerprint density at radius 2 is 2.21 bits per heavy atom. The molecule has 1 atom stereocenters. The molecule has 0 aliphatic rings. The van der Waals surface area contributed by atoms with Crippen LogP contribution in [0, 0.1) is 5.92 Å². The van der Waals surface area contributed by atoms with E-state index in [9.17, 15) is 13.6 Å². The van der Waals surface area contributed by atoms with E-state index in [0.29, 0.717) is 12.2 Å². The summed E-state index contributed by atoms with van der Waals surface area (Å²) in [6, 6.07) is 4.06. The van der Waals surface area contributed by atoms with Crippen molar-refractivity contribution in [3.05, 3.63) is 23.2 Å². The van der Waals surface area contributed by atoms with Gasteiger partial charge in [-0.2, -0.15) is 8.78 Å². The highest BCUT2D eigenvalue weighted by Gasteiger charge is 2.11. The summed E-state index contributed by atoms with van der Waals surface area (Å²) in [4.78, 5) is 11.6. The summed E-state index contributed by atoms with van der Waals surface area (Å²) in [5.74, 6) is -0.279. The van der Waals surface area contributed by atoms with Gasteiger partial charge in [-0.3, -0.25) is 4.79 Å². The van der Waals surface area contributed by atoms with Crippen LogP contribution in [0.25, 0.3) is 0 Å². The first kappa shape index (κ1) is 15.7. The van der Waals surface area contributed by atoms with Gasteiger partial charge in [-0.05, 0) is 30.7 Å². The summed E-state index contributed by atoms with van der Waals surface area (Å²) in [6.45, 7) is -0.676. The van der Waals surface area contributed by atoms with Crippen molar-refractivity contribution in [3.8, 4) is 5.75 Å². The van der Waals surface area contributed by atoms with Gasteiger partial charge in [-0.25, -0.2) is 0 Å². The smallest absolute Gasteiger partial charge is 0.387 e. The standard InChI is InChI=1S/C12H15ClF2N2O2/c1-7(6-16)4-11(18)17-8-2-3-10(9(13)5-8)19-12(14)15/h2-3,5,7,12H,4,6,16H2,1H3,(H,17,18). The van der Waals surface area contributed by atoms with E-state index < -0.39 is 6.61 Å². The number of alkyl halides is 2. The molecule has 0 spiro atoms. The molecule has 1 aromatic rings. The highest BCUT2D eigenvalue weighted by molar-refractivity contribution is 6.32. The zero-order chi connectivity index (χ0) is 14.4. The van der Waals surface area contributed by atoms with Crippen molar-refractivity contribution in [2.75, 3.05) is 11.9 Å². The van der Waals surface area contributed by atoms with Crippen molar-refractivity contribution in [1.29, 1.82) is 0 Å². The molecule has 0 saturated heterocycles. The minimum Gasteiger partial charge on any atom is -0.433 e. The molecule has 0 heterocycles. The van der Waals surface area contributed by atoms with Crippen LogP contribution >= 0.6 is 11.6 Å². The molecule has 1 aromatic carbocycles. The molecule has 1 amide bonds. The van der Waals surface area contributed by atoms with Gasteiger partial charge in [0.25, 0.3) is 0 Å². The zero-order valence-corrected chi connectivity index (χ0v) is 11.1. The second-order valence-electron chi connectivity index (χ2n) is 4.12. The molecule has 0 bridgehead atoms. The van der Waals surface area contributed by atoms with Crippen LogP contribution < -0.4 is 15.8 Å². The number of anilines is 1. The van der Waals surface area contributed by atoms with Crippen LogP contribution in [0.2, 0.25) is 5.02 Å². The summed E-state index contributed by atoms with van der Waals surface area (Å²) in [5, 5.41) is 2.61. The zero-order valence-electron chi connectivity index (χ0n) is 10.3. The summed E-state index contributed by atoms with van der Waals surface area (Å²) >= 11 is 5.76. The van der Waals surface area contributed by atoms with Gasteiger partial charge < -0.3 is 15.8 Å². The third kappa shape index (κ3) is 5.40. The maximum atomic E-state index is 12.0. The van der Waals surface area contributed by atoms with Gasteiger partial charge in [-0.15, -0.1) is 0 Å². The lowest BCUT2D eigenvalue weighted by atomic mass is 10.1. The maximum Gasteiger partial charge on any atom is 0.387 e. The number of ether oxygens (including phenoxy) is 1. The van der Waals surface area contributed by atoms with Crippen molar-refractivity contribution in [2.45, 2.75) is 20.0 Å². The molecule has 7 heteroatoms. The van der Waals surface area contributed by atoms with Crippen molar-refractivity contribution in [2.24, 2.45) is 11.7 Å². The van der Waals surface area contributed by atoms with E-state index >= 15 is 0 Å². The fraction of sp³-hybridized carbons (Fsp3) is 0.417. The van der Waals surface area contributed by atoms with E-state index in [1.165, 1.54) is 18.2 Å². The average Bonchev–Trinajstić information content (AvgIpc) is 2.32. The van der Waals surface area contributed by atoms with E-state index in [1.54, 1.807) is 0 Å². The quantitative estimate of drug-likeness (QED) is 0.847.